The highest BCUT2D eigenvalue weighted by Gasteiger charge is 2.23. The van der Waals surface area contributed by atoms with E-state index >= 15 is 0 Å². The molecular formula is C20H19NO5. The molecule has 1 aliphatic rings. The summed E-state index contributed by atoms with van der Waals surface area (Å²) in [5, 5.41) is 3.72. The number of carbonyl (C=O) groups excluding carboxylic acids is 1. The number of amides is 1. The van der Waals surface area contributed by atoms with Crippen molar-refractivity contribution in [1.29, 1.82) is 0 Å². The van der Waals surface area contributed by atoms with E-state index in [0.29, 0.717) is 30.2 Å². The molecule has 134 valence electrons. The number of carbonyl (C=O) groups is 1. The maximum Gasteiger partial charge on any atom is 0.287 e. The molecular weight excluding hydrogens is 334 g/mol. The van der Waals surface area contributed by atoms with Gasteiger partial charge >= 0.3 is 0 Å². The van der Waals surface area contributed by atoms with Crippen molar-refractivity contribution in [3.8, 4) is 17.2 Å². The Kier molecular flexibility index (Phi) is 4.16. The van der Waals surface area contributed by atoms with Crippen molar-refractivity contribution in [2.24, 2.45) is 0 Å². The van der Waals surface area contributed by atoms with Crippen LogP contribution in [0.5, 0.6) is 17.2 Å². The first-order chi connectivity index (χ1) is 12.7. The van der Waals surface area contributed by atoms with Crippen LogP contribution in [-0.4, -0.2) is 32.3 Å². The van der Waals surface area contributed by atoms with Gasteiger partial charge in [-0.25, -0.2) is 0 Å². The molecule has 0 bridgehead atoms. The number of hydrogen-bond donors (Lipinski definition) is 1. The van der Waals surface area contributed by atoms with Gasteiger partial charge in [0.15, 0.2) is 17.3 Å². The van der Waals surface area contributed by atoms with Crippen molar-refractivity contribution in [3.63, 3.8) is 0 Å². The first-order valence-electron chi connectivity index (χ1n) is 8.39. The summed E-state index contributed by atoms with van der Waals surface area (Å²) in [5.41, 5.74) is 1.43. The van der Waals surface area contributed by atoms with Gasteiger partial charge in [-0.3, -0.25) is 4.79 Å². The molecule has 1 N–H and O–H groups in total. The monoisotopic (exact) mass is 353 g/mol. The molecule has 0 saturated heterocycles. The molecule has 0 radical (unpaired) electrons. The van der Waals surface area contributed by atoms with E-state index in [1.165, 1.54) is 0 Å². The molecule has 1 amide bonds. The summed E-state index contributed by atoms with van der Waals surface area (Å²) in [6.07, 6.45) is -0.251. The Labute approximate surface area is 150 Å². The zero-order valence-electron chi connectivity index (χ0n) is 14.6. The first-order valence-corrected chi connectivity index (χ1v) is 8.39. The van der Waals surface area contributed by atoms with Crippen molar-refractivity contribution in [2.75, 3.05) is 20.3 Å². The molecule has 1 atom stereocenters. The smallest absolute Gasteiger partial charge is 0.287 e. The summed E-state index contributed by atoms with van der Waals surface area (Å²) in [7, 11) is 1.61. The predicted molar refractivity (Wildman–Crippen MR) is 96.2 cm³/mol. The third-order valence-electron chi connectivity index (χ3n) is 4.41. The first kappa shape index (κ1) is 16.3. The van der Waals surface area contributed by atoms with Gasteiger partial charge in [0.05, 0.1) is 13.7 Å². The molecule has 26 heavy (non-hydrogen) atoms. The van der Waals surface area contributed by atoms with Crippen molar-refractivity contribution >= 4 is 16.9 Å². The van der Waals surface area contributed by atoms with Gasteiger partial charge in [0.2, 0.25) is 0 Å². The lowest BCUT2D eigenvalue weighted by Crippen LogP contribution is -2.40. The van der Waals surface area contributed by atoms with Crippen molar-refractivity contribution < 1.29 is 23.4 Å². The number of nitrogens with one attached hydrogen (secondary N) is 1. The van der Waals surface area contributed by atoms with E-state index in [2.05, 4.69) is 5.32 Å². The molecule has 1 aliphatic heterocycles. The predicted octanol–water partition coefficient (Wildman–Crippen LogP) is 3.32. The second kappa shape index (κ2) is 6.63. The Morgan fingerprint density at radius 2 is 2.04 bits per heavy atom. The molecule has 4 rings (SSSR count). The highest BCUT2D eigenvalue weighted by molar-refractivity contribution is 5.99. The molecule has 1 aromatic heterocycles. The molecule has 0 fully saturated rings. The Morgan fingerprint density at radius 1 is 1.23 bits per heavy atom. The average Bonchev–Trinajstić information content (AvgIpc) is 3.02. The molecule has 2 aromatic carbocycles. The van der Waals surface area contributed by atoms with Gasteiger partial charge in [-0.2, -0.15) is 0 Å². The number of para-hydroxylation sites is 2. The zero-order valence-corrected chi connectivity index (χ0v) is 14.6. The van der Waals surface area contributed by atoms with Crippen LogP contribution in [0.3, 0.4) is 0 Å². The standard InChI is InChI=1S/C20H19NO5/c1-12-15-9-13(23-2)7-8-16(15)26-19(12)20(22)21-10-14-11-24-17-5-3-4-6-18(17)25-14/h3-9,14H,10-11H2,1-2H3,(H,21,22)/t14-/m0/s1. The number of ether oxygens (including phenoxy) is 3. The normalized spacial score (nSPS) is 15.7. The lowest BCUT2D eigenvalue weighted by Gasteiger charge is -2.26. The van der Waals surface area contributed by atoms with Gasteiger partial charge in [0.25, 0.3) is 5.91 Å². The number of rotatable bonds is 4. The van der Waals surface area contributed by atoms with Crippen LogP contribution in [0.2, 0.25) is 0 Å². The molecule has 3 aromatic rings. The topological polar surface area (TPSA) is 69.9 Å². The Hall–Kier alpha value is -3.15. The molecule has 0 spiro atoms. The average molecular weight is 353 g/mol. The van der Waals surface area contributed by atoms with Crippen LogP contribution in [0, 0.1) is 6.92 Å². The molecule has 6 heteroatoms. The molecule has 0 unspecified atom stereocenters. The van der Waals surface area contributed by atoms with Crippen LogP contribution in [0.25, 0.3) is 11.0 Å². The number of benzene rings is 2. The SMILES string of the molecule is COc1ccc2oc(C(=O)NC[C@H]3COc4ccccc4O3)c(C)c2c1. The van der Waals surface area contributed by atoms with Crippen molar-refractivity contribution in [3.05, 3.63) is 53.8 Å². The van der Waals surface area contributed by atoms with E-state index in [1.54, 1.807) is 19.2 Å². The second-order valence-corrected chi connectivity index (χ2v) is 6.13. The summed E-state index contributed by atoms with van der Waals surface area (Å²) in [6, 6.07) is 12.9. The minimum Gasteiger partial charge on any atom is -0.497 e. The van der Waals surface area contributed by atoms with Crippen LogP contribution < -0.4 is 19.5 Å². The highest BCUT2D eigenvalue weighted by atomic mass is 16.6. The van der Waals surface area contributed by atoms with Crippen molar-refractivity contribution in [1.82, 2.24) is 5.32 Å². The van der Waals surface area contributed by atoms with Crippen LogP contribution in [0.1, 0.15) is 16.1 Å². The van der Waals surface area contributed by atoms with E-state index < -0.39 is 0 Å². The van der Waals surface area contributed by atoms with Crippen LogP contribution in [-0.2, 0) is 0 Å². The molecule has 0 aliphatic carbocycles. The molecule has 2 heterocycles. The van der Waals surface area contributed by atoms with Crippen LogP contribution in [0.15, 0.2) is 46.9 Å². The van der Waals surface area contributed by atoms with Gasteiger partial charge in [-0.05, 0) is 37.3 Å². The summed E-state index contributed by atoms with van der Waals surface area (Å²) < 4.78 is 22.5. The van der Waals surface area contributed by atoms with E-state index in [1.807, 2.05) is 37.3 Å². The number of hydrogen-bond acceptors (Lipinski definition) is 5. The van der Waals surface area contributed by atoms with Gasteiger partial charge in [-0.1, -0.05) is 12.1 Å². The van der Waals surface area contributed by atoms with Crippen LogP contribution in [0.4, 0.5) is 0 Å². The lowest BCUT2D eigenvalue weighted by molar-refractivity contribution is 0.0774. The highest BCUT2D eigenvalue weighted by Crippen LogP contribution is 2.31. The number of methoxy groups -OCH3 is 1. The zero-order chi connectivity index (χ0) is 18.1. The summed E-state index contributed by atoms with van der Waals surface area (Å²) in [6.45, 7) is 2.57. The maximum atomic E-state index is 12.5. The largest absolute Gasteiger partial charge is 0.497 e. The second-order valence-electron chi connectivity index (χ2n) is 6.13. The number of furan rings is 1. The van der Waals surface area contributed by atoms with E-state index in [-0.39, 0.29) is 12.0 Å². The Morgan fingerprint density at radius 3 is 2.85 bits per heavy atom. The summed E-state index contributed by atoms with van der Waals surface area (Å²) >= 11 is 0. The van der Waals surface area contributed by atoms with Gasteiger partial charge < -0.3 is 23.9 Å². The lowest BCUT2D eigenvalue weighted by atomic mass is 10.1. The third-order valence-corrected chi connectivity index (χ3v) is 4.41. The molecule has 0 saturated carbocycles. The number of aryl methyl sites for hydroxylation is 1. The fourth-order valence-electron chi connectivity index (χ4n) is 2.99. The van der Waals surface area contributed by atoms with Gasteiger partial charge in [0, 0.05) is 10.9 Å². The van der Waals surface area contributed by atoms with Gasteiger partial charge in [0.1, 0.15) is 24.0 Å². The van der Waals surface area contributed by atoms with Gasteiger partial charge in [-0.15, -0.1) is 0 Å². The fourth-order valence-corrected chi connectivity index (χ4v) is 2.99. The number of fused-ring (bicyclic) bond motifs is 2. The van der Waals surface area contributed by atoms with E-state index in [4.69, 9.17) is 18.6 Å². The quantitative estimate of drug-likeness (QED) is 0.779. The third kappa shape index (κ3) is 2.94. The van der Waals surface area contributed by atoms with Crippen LogP contribution >= 0.6 is 0 Å². The summed E-state index contributed by atoms with van der Waals surface area (Å²) in [5.74, 6) is 2.15. The minimum atomic E-state index is -0.278. The van der Waals surface area contributed by atoms with Crippen molar-refractivity contribution in [2.45, 2.75) is 13.0 Å². The maximum absolute atomic E-state index is 12.5. The minimum absolute atomic E-state index is 0.251. The van der Waals surface area contributed by atoms with E-state index in [0.717, 1.165) is 22.4 Å². The Balaban J connectivity index is 1.46. The Bertz CT molecular complexity index is 962. The summed E-state index contributed by atoms with van der Waals surface area (Å²) in [4.78, 5) is 12.5. The fraction of sp³-hybridized carbons (Fsp3) is 0.250. The molecule has 6 nitrogen and oxygen atoms in total. The van der Waals surface area contributed by atoms with E-state index in [9.17, 15) is 4.79 Å².